The molecule has 2 aliphatic heterocycles. The van der Waals surface area contributed by atoms with Gasteiger partial charge < -0.3 is 10.2 Å². The summed E-state index contributed by atoms with van der Waals surface area (Å²) in [6, 6.07) is 3.30. The van der Waals surface area contributed by atoms with E-state index in [1.807, 2.05) is 46.2 Å². The largest absolute Gasteiger partial charge is 0.504 e. The van der Waals surface area contributed by atoms with Gasteiger partial charge in [0.1, 0.15) is 22.7 Å². The molecular weight excluding hydrogens is 369 g/mol. The number of hydrogen-bond donors (Lipinski definition) is 2. The van der Waals surface area contributed by atoms with E-state index in [0.717, 1.165) is 9.79 Å². The summed E-state index contributed by atoms with van der Waals surface area (Å²) in [6.45, 7) is 0. The number of phenols is 2. The second-order valence-electron chi connectivity index (χ2n) is 4.04. The van der Waals surface area contributed by atoms with Crippen LogP contribution in [0, 0.1) is 4.58 Å². The Morgan fingerprint density at radius 1 is 0.950 bits per heavy atom. The van der Waals surface area contributed by atoms with Crippen LogP contribution in [-0.4, -0.2) is 21.7 Å². The van der Waals surface area contributed by atoms with Crippen molar-refractivity contribution in [1.82, 2.24) is 0 Å². The summed E-state index contributed by atoms with van der Waals surface area (Å²) in [5.74, 6) is 2.31. The summed E-state index contributed by atoms with van der Waals surface area (Å²) in [4.78, 5) is 2.05. The number of rotatable bonds is 1. The van der Waals surface area contributed by atoms with Gasteiger partial charge in [-0.05, 0) is 12.1 Å². The van der Waals surface area contributed by atoms with Crippen LogP contribution in [0.4, 0.5) is 0 Å². The number of benzene rings is 1. The van der Waals surface area contributed by atoms with E-state index in [1.54, 1.807) is 35.7 Å². The zero-order valence-corrected chi connectivity index (χ0v) is 14.8. The minimum atomic E-state index is -0.0432. The van der Waals surface area contributed by atoms with Crippen LogP contribution in [0.3, 0.4) is 0 Å². The van der Waals surface area contributed by atoms with Gasteiger partial charge in [-0.25, -0.2) is 0 Å². The lowest BCUT2D eigenvalue weighted by Gasteiger charge is -2.00. The predicted molar refractivity (Wildman–Crippen MR) is 91.9 cm³/mol. The van der Waals surface area contributed by atoms with Crippen molar-refractivity contribution in [1.29, 1.82) is 0 Å². The standard InChI is InChI=1S/C12H7O2S6/c13-5-3-7-8(4-6(5)14)18-11(17-7)12-19-9-10(20-12)16-2-1-15-9/h3-4H,1-2H2,(H-,13,14)/p+1. The highest BCUT2D eigenvalue weighted by Gasteiger charge is 2.38. The molecule has 2 N–H and O–H groups in total. The fourth-order valence-electron chi connectivity index (χ4n) is 1.80. The summed E-state index contributed by atoms with van der Waals surface area (Å²) in [6.07, 6.45) is 0. The minimum absolute atomic E-state index is 0.0432. The van der Waals surface area contributed by atoms with Crippen molar-refractivity contribution in [2.45, 2.75) is 18.2 Å². The molecule has 0 saturated carbocycles. The summed E-state index contributed by atoms with van der Waals surface area (Å²) in [5.41, 5.74) is 0. The van der Waals surface area contributed by atoms with Gasteiger partial charge in [0.05, 0.1) is 0 Å². The molecule has 0 saturated heterocycles. The highest BCUT2D eigenvalue weighted by molar-refractivity contribution is 8.24. The zero-order chi connectivity index (χ0) is 13.7. The van der Waals surface area contributed by atoms with Gasteiger partial charge in [-0.1, -0.05) is 47.0 Å². The van der Waals surface area contributed by atoms with Gasteiger partial charge in [0, 0.05) is 21.3 Å². The van der Waals surface area contributed by atoms with Crippen LogP contribution in [0.5, 0.6) is 11.5 Å². The average Bonchev–Trinajstić information content (AvgIpc) is 3.02. The number of aromatic hydroxyl groups is 2. The van der Waals surface area contributed by atoms with Gasteiger partial charge in [0.25, 0.3) is 4.19 Å². The number of hydrogen-bond acceptors (Lipinski definition) is 7. The van der Waals surface area contributed by atoms with E-state index in [0.29, 0.717) is 0 Å². The molecule has 3 heterocycles. The third-order valence-corrected chi connectivity index (χ3v) is 11.5. The van der Waals surface area contributed by atoms with Crippen molar-refractivity contribution in [2.75, 3.05) is 11.5 Å². The van der Waals surface area contributed by atoms with E-state index in [9.17, 15) is 10.2 Å². The van der Waals surface area contributed by atoms with E-state index < -0.39 is 0 Å². The summed E-state index contributed by atoms with van der Waals surface area (Å²) in [5, 5.41) is 19.2. The van der Waals surface area contributed by atoms with Gasteiger partial charge in [0.15, 0.2) is 16.1 Å². The first-order valence-electron chi connectivity index (χ1n) is 5.72. The Kier molecular flexibility index (Phi) is 3.81. The molecule has 103 valence electrons. The Morgan fingerprint density at radius 3 is 2.25 bits per heavy atom. The van der Waals surface area contributed by atoms with Crippen molar-refractivity contribution in [2.24, 2.45) is 0 Å². The Hall–Kier alpha value is 0.270. The van der Waals surface area contributed by atoms with Crippen molar-refractivity contribution in [3.63, 3.8) is 0 Å². The molecule has 0 fully saturated rings. The number of thioether (sulfide) groups is 4. The first-order valence-corrected chi connectivity index (χ1v) is 11.0. The maximum absolute atomic E-state index is 9.59. The molecule has 1 aromatic heterocycles. The molecule has 4 rings (SSSR count). The molecule has 20 heavy (non-hydrogen) atoms. The van der Waals surface area contributed by atoms with Crippen LogP contribution in [0.15, 0.2) is 30.3 Å². The smallest absolute Gasteiger partial charge is 0.286 e. The molecule has 8 heteroatoms. The Morgan fingerprint density at radius 2 is 1.60 bits per heavy atom. The van der Waals surface area contributed by atoms with E-state index >= 15 is 0 Å². The van der Waals surface area contributed by atoms with E-state index in [4.69, 9.17) is 0 Å². The second kappa shape index (κ2) is 5.48. The molecule has 2 aromatic rings. The summed E-state index contributed by atoms with van der Waals surface area (Å²) < 4.78 is 5.48. The number of fused-ring (bicyclic) bond motifs is 2. The SMILES string of the molecule is Oc1cc2c(cc1O)S[C](c1sc3c([s+]1)SCCS3)S2. The van der Waals surface area contributed by atoms with Crippen LogP contribution in [-0.2, 0) is 0 Å². The molecule has 0 aliphatic carbocycles. The topological polar surface area (TPSA) is 40.5 Å². The summed E-state index contributed by atoms with van der Waals surface area (Å²) >= 11 is 11.0. The first kappa shape index (κ1) is 13.9. The molecule has 2 nitrogen and oxygen atoms in total. The van der Waals surface area contributed by atoms with Crippen LogP contribution < -0.4 is 0 Å². The second-order valence-corrected chi connectivity index (χ2v) is 11.4. The van der Waals surface area contributed by atoms with Crippen LogP contribution in [0.1, 0.15) is 4.19 Å². The molecule has 0 spiro atoms. The fraction of sp³-hybridized carbons (Fsp3) is 0.167. The molecule has 2 aliphatic rings. The quantitative estimate of drug-likeness (QED) is 0.510. The fourth-order valence-corrected chi connectivity index (χ4v) is 10.6. The van der Waals surface area contributed by atoms with Gasteiger partial charge in [-0.15, -0.1) is 0 Å². The van der Waals surface area contributed by atoms with Crippen molar-refractivity contribution in [3.05, 3.63) is 20.9 Å². The molecule has 1 aromatic carbocycles. The maximum Gasteiger partial charge on any atom is 0.286 e. The third-order valence-electron chi connectivity index (χ3n) is 2.70. The summed E-state index contributed by atoms with van der Waals surface area (Å²) in [7, 11) is 0. The van der Waals surface area contributed by atoms with Crippen molar-refractivity contribution >= 4 is 69.7 Å². The Labute approximate surface area is 141 Å². The lowest BCUT2D eigenvalue weighted by Crippen LogP contribution is -1.87. The molecule has 0 unspecified atom stereocenters. The third kappa shape index (κ3) is 2.44. The van der Waals surface area contributed by atoms with E-state index in [2.05, 4.69) is 0 Å². The normalized spacial score (nSPS) is 18.0. The van der Waals surface area contributed by atoms with Crippen LogP contribution in [0.2, 0.25) is 0 Å². The van der Waals surface area contributed by atoms with Gasteiger partial charge in [-0.2, -0.15) is 0 Å². The lowest BCUT2D eigenvalue weighted by atomic mass is 10.3. The monoisotopic (exact) mass is 376 g/mol. The molecule has 0 amide bonds. The minimum Gasteiger partial charge on any atom is -0.504 e. The zero-order valence-electron chi connectivity index (χ0n) is 9.91. The molecule has 0 atom stereocenters. The van der Waals surface area contributed by atoms with Gasteiger partial charge in [0.2, 0.25) is 8.42 Å². The molecular formula is C12H8O2S6+. The number of phenolic OH excluding ortho intramolecular Hbond substituents is 2. The van der Waals surface area contributed by atoms with Gasteiger partial charge >= 0.3 is 0 Å². The average molecular weight is 377 g/mol. The van der Waals surface area contributed by atoms with Crippen molar-refractivity contribution < 1.29 is 10.2 Å². The van der Waals surface area contributed by atoms with E-state index in [-0.39, 0.29) is 11.5 Å². The Bertz CT molecular complexity index is 628. The molecule has 1 radical (unpaired) electrons. The lowest BCUT2D eigenvalue weighted by molar-refractivity contribution is 0.401. The van der Waals surface area contributed by atoms with Crippen LogP contribution >= 0.6 is 69.7 Å². The first-order chi connectivity index (χ1) is 9.70. The predicted octanol–water partition coefficient (Wildman–Crippen LogP) is 5.44. The van der Waals surface area contributed by atoms with Gasteiger partial charge in [-0.3, -0.25) is 0 Å². The highest BCUT2D eigenvalue weighted by atomic mass is 32.2. The maximum atomic E-state index is 9.59. The Balaban J connectivity index is 1.64. The highest BCUT2D eigenvalue weighted by Crippen LogP contribution is 2.61. The van der Waals surface area contributed by atoms with Crippen molar-refractivity contribution in [3.8, 4) is 11.5 Å². The van der Waals surface area contributed by atoms with Crippen LogP contribution in [0.25, 0.3) is 0 Å². The van der Waals surface area contributed by atoms with E-state index in [1.165, 1.54) is 28.7 Å². The molecule has 0 bridgehead atoms.